The Hall–Kier alpha value is -0.120. The van der Waals surface area contributed by atoms with Crippen molar-refractivity contribution in [2.45, 2.75) is 69.9 Å². The highest BCUT2D eigenvalue weighted by Crippen LogP contribution is 2.33. The van der Waals surface area contributed by atoms with Crippen molar-refractivity contribution in [3.8, 4) is 0 Å². The van der Waals surface area contributed by atoms with Crippen molar-refractivity contribution < 1.29 is 0 Å². The highest BCUT2D eigenvalue weighted by molar-refractivity contribution is 4.99. The van der Waals surface area contributed by atoms with Crippen LogP contribution in [-0.4, -0.2) is 61.2 Å². The van der Waals surface area contributed by atoms with Crippen LogP contribution >= 0.6 is 0 Å². The van der Waals surface area contributed by atoms with Gasteiger partial charge in [-0.1, -0.05) is 26.2 Å². The summed E-state index contributed by atoms with van der Waals surface area (Å²) in [7, 11) is 2.27. The van der Waals surface area contributed by atoms with Crippen LogP contribution in [0.4, 0.5) is 0 Å². The molecular weight excluding hydrogens is 258 g/mol. The first-order chi connectivity index (χ1) is 10.2. The second kappa shape index (κ2) is 6.97. The minimum atomic E-state index is 0.468. The molecule has 1 saturated carbocycles. The molecule has 21 heavy (non-hydrogen) atoms. The summed E-state index contributed by atoms with van der Waals surface area (Å²) in [6.45, 7) is 8.88. The smallest absolute Gasteiger partial charge is 0.0309 e. The van der Waals surface area contributed by atoms with Gasteiger partial charge in [-0.2, -0.15) is 0 Å². The zero-order valence-corrected chi connectivity index (χ0v) is 14.2. The molecule has 2 saturated heterocycles. The summed E-state index contributed by atoms with van der Waals surface area (Å²) in [6, 6.07) is 0.775. The number of piperidine rings is 1. The van der Waals surface area contributed by atoms with Crippen molar-refractivity contribution in [3.05, 3.63) is 0 Å². The van der Waals surface area contributed by atoms with E-state index in [1.165, 1.54) is 84.1 Å². The summed E-state index contributed by atoms with van der Waals surface area (Å²) in [5, 5.41) is 3.96. The summed E-state index contributed by atoms with van der Waals surface area (Å²) in [6.07, 6.45) is 11.3. The van der Waals surface area contributed by atoms with Crippen LogP contribution in [0.5, 0.6) is 0 Å². The van der Waals surface area contributed by atoms with Gasteiger partial charge in [0, 0.05) is 31.2 Å². The van der Waals surface area contributed by atoms with Crippen LogP contribution in [-0.2, 0) is 0 Å². The topological polar surface area (TPSA) is 18.5 Å². The van der Waals surface area contributed by atoms with Gasteiger partial charge < -0.3 is 10.2 Å². The molecule has 3 heteroatoms. The molecule has 3 aliphatic rings. The lowest BCUT2D eigenvalue weighted by molar-refractivity contribution is 0.0343. The van der Waals surface area contributed by atoms with Gasteiger partial charge in [0.15, 0.2) is 0 Å². The third kappa shape index (κ3) is 3.80. The average Bonchev–Trinajstić information content (AvgIpc) is 2.51. The van der Waals surface area contributed by atoms with Gasteiger partial charge in [0.25, 0.3) is 0 Å². The van der Waals surface area contributed by atoms with E-state index in [1.54, 1.807) is 0 Å². The highest BCUT2D eigenvalue weighted by atomic mass is 15.3. The number of likely N-dealkylation sites (tertiary alicyclic amines) is 1. The molecule has 0 bridgehead atoms. The molecule has 0 aromatic carbocycles. The SMILES string of the molecule is CCC1CNC2(CCCCC2)CN1CC1CCN(C)CC1. The third-order valence-corrected chi connectivity index (χ3v) is 6.35. The average molecular weight is 293 g/mol. The molecule has 0 radical (unpaired) electrons. The van der Waals surface area contributed by atoms with Gasteiger partial charge in [0.2, 0.25) is 0 Å². The van der Waals surface area contributed by atoms with Crippen molar-refractivity contribution in [3.63, 3.8) is 0 Å². The molecule has 0 amide bonds. The molecule has 1 spiro atoms. The van der Waals surface area contributed by atoms with E-state index < -0.39 is 0 Å². The van der Waals surface area contributed by atoms with E-state index in [0.29, 0.717) is 5.54 Å². The third-order valence-electron chi connectivity index (χ3n) is 6.35. The summed E-state index contributed by atoms with van der Waals surface area (Å²) in [5.74, 6) is 0.939. The first-order valence-electron chi connectivity index (χ1n) is 9.38. The Kier molecular flexibility index (Phi) is 5.23. The quantitative estimate of drug-likeness (QED) is 0.863. The zero-order chi connectivity index (χ0) is 14.7. The van der Waals surface area contributed by atoms with E-state index >= 15 is 0 Å². The summed E-state index contributed by atoms with van der Waals surface area (Å²) < 4.78 is 0. The van der Waals surface area contributed by atoms with Crippen molar-refractivity contribution in [1.29, 1.82) is 0 Å². The molecule has 1 N–H and O–H groups in total. The Bertz CT molecular complexity index is 316. The fourth-order valence-electron chi connectivity index (χ4n) is 4.79. The van der Waals surface area contributed by atoms with E-state index in [2.05, 4.69) is 29.1 Å². The largest absolute Gasteiger partial charge is 0.308 e. The number of hydrogen-bond donors (Lipinski definition) is 1. The molecule has 1 unspecified atom stereocenters. The van der Waals surface area contributed by atoms with E-state index in [4.69, 9.17) is 0 Å². The van der Waals surface area contributed by atoms with E-state index in [1.807, 2.05) is 0 Å². The van der Waals surface area contributed by atoms with Crippen molar-refractivity contribution >= 4 is 0 Å². The minimum Gasteiger partial charge on any atom is -0.308 e. The van der Waals surface area contributed by atoms with Gasteiger partial charge in [-0.25, -0.2) is 0 Å². The standard InChI is InChI=1S/C18H35N3/c1-3-17-13-19-18(9-5-4-6-10-18)15-21(17)14-16-7-11-20(2)12-8-16/h16-17,19H,3-15H2,1-2H3. The first-order valence-corrected chi connectivity index (χ1v) is 9.38. The number of piperazine rings is 1. The number of nitrogens with one attached hydrogen (secondary N) is 1. The van der Waals surface area contributed by atoms with Crippen molar-refractivity contribution in [2.75, 3.05) is 39.8 Å². The maximum atomic E-state index is 3.96. The predicted octanol–water partition coefficient (Wildman–Crippen LogP) is 2.71. The lowest BCUT2D eigenvalue weighted by Crippen LogP contribution is -2.65. The van der Waals surface area contributed by atoms with E-state index in [-0.39, 0.29) is 0 Å². The van der Waals surface area contributed by atoms with Crippen molar-refractivity contribution in [1.82, 2.24) is 15.1 Å². The highest BCUT2D eigenvalue weighted by Gasteiger charge is 2.39. The predicted molar refractivity (Wildman–Crippen MR) is 89.7 cm³/mol. The molecule has 2 heterocycles. The summed E-state index contributed by atoms with van der Waals surface area (Å²) in [4.78, 5) is 5.37. The fourth-order valence-corrected chi connectivity index (χ4v) is 4.79. The van der Waals surface area contributed by atoms with Gasteiger partial charge in [0.1, 0.15) is 0 Å². The lowest BCUT2D eigenvalue weighted by Gasteiger charge is -2.50. The van der Waals surface area contributed by atoms with Crippen LogP contribution in [0.2, 0.25) is 0 Å². The Morgan fingerprint density at radius 1 is 1.10 bits per heavy atom. The van der Waals surface area contributed by atoms with E-state index in [9.17, 15) is 0 Å². The molecule has 1 atom stereocenters. The summed E-state index contributed by atoms with van der Waals surface area (Å²) >= 11 is 0. The number of nitrogens with zero attached hydrogens (tertiary/aromatic N) is 2. The van der Waals surface area contributed by atoms with Crippen LogP contribution in [0.25, 0.3) is 0 Å². The molecular formula is C18H35N3. The lowest BCUT2D eigenvalue weighted by atomic mass is 9.79. The number of hydrogen-bond acceptors (Lipinski definition) is 3. The molecule has 3 nitrogen and oxygen atoms in total. The van der Waals surface area contributed by atoms with Crippen LogP contribution in [0.15, 0.2) is 0 Å². The maximum Gasteiger partial charge on any atom is 0.0309 e. The van der Waals surface area contributed by atoms with Crippen molar-refractivity contribution in [2.24, 2.45) is 5.92 Å². The first kappa shape index (κ1) is 15.8. The fraction of sp³-hybridized carbons (Fsp3) is 1.00. The monoisotopic (exact) mass is 293 g/mol. The molecule has 3 fully saturated rings. The molecule has 0 aromatic rings. The molecule has 2 aliphatic heterocycles. The zero-order valence-electron chi connectivity index (χ0n) is 14.2. The maximum absolute atomic E-state index is 3.96. The Morgan fingerprint density at radius 3 is 2.48 bits per heavy atom. The molecule has 3 rings (SSSR count). The van der Waals surface area contributed by atoms with Gasteiger partial charge >= 0.3 is 0 Å². The minimum absolute atomic E-state index is 0.468. The van der Waals surface area contributed by atoms with Gasteiger partial charge in [-0.15, -0.1) is 0 Å². The van der Waals surface area contributed by atoms with Gasteiger partial charge in [-0.05, 0) is 58.2 Å². The van der Waals surface area contributed by atoms with Crippen LogP contribution in [0, 0.1) is 5.92 Å². The second-order valence-electron chi connectivity index (χ2n) is 7.96. The van der Waals surface area contributed by atoms with Crippen LogP contribution in [0.3, 0.4) is 0 Å². The Balaban J connectivity index is 1.59. The summed E-state index contributed by atoms with van der Waals surface area (Å²) in [5.41, 5.74) is 0.468. The molecule has 1 aliphatic carbocycles. The number of rotatable bonds is 3. The second-order valence-corrected chi connectivity index (χ2v) is 7.96. The molecule has 0 aromatic heterocycles. The Labute approximate surface area is 131 Å². The van der Waals surface area contributed by atoms with Gasteiger partial charge in [-0.3, -0.25) is 4.90 Å². The molecule has 122 valence electrons. The normalized spacial score (nSPS) is 32.6. The van der Waals surface area contributed by atoms with Gasteiger partial charge in [0.05, 0.1) is 0 Å². The Morgan fingerprint density at radius 2 is 1.81 bits per heavy atom. The van der Waals surface area contributed by atoms with E-state index in [0.717, 1.165) is 12.0 Å². The van der Waals surface area contributed by atoms with Crippen LogP contribution in [0.1, 0.15) is 58.3 Å². The van der Waals surface area contributed by atoms with Crippen LogP contribution < -0.4 is 5.32 Å².